The van der Waals surface area contributed by atoms with Gasteiger partial charge >= 0.3 is 20.1 Å². The van der Waals surface area contributed by atoms with Crippen LogP contribution in [0.3, 0.4) is 0 Å². The number of anilines is 2. The van der Waals surface area contributed by atoms with Gasteiger partial charge in [-0.25, -0.2) is 0 Å². The Morgan fingerprint density at radius 2 is 0.897 bits per heavy atom. The van der Waals surface area contributed by atoms with Crippen LogP contribution in [0.4, 0.5) is 11.4 Å². The maximum absolute atomic E-state index is 3.61. The largest absolute Gasteiger partial charge is 2.00 e. The molecule has 0 saturated carbocycles. The molecule has 0 fully saturated rings. The quantitative estimate of drug-likeness (QED) is 0.466. The molecule has 2 rings (SSSR count). The van der Waals surface area contributed by atoms with Gasteiger partial charge in [-0.15, -0.1) is 0 Å². The van der Waals surface area contributed by atoms with E-state index < -0.39 is 0 Å². The second-order valence-corrected chi connectivity index (χ2v) is 7.70. The second-order valence-electron chi connectivity index (χ2n) is 7.70. The van der Waals surface area contributed by atoms with E-state index in [4.69, 9.17) is 0 Å². The molecule has 0 amide bonds. The first-order chi connectivity index (χ1) is 12.3. The van der Waals surface area contributed by atoms with E-state index in [1.165, 1.54) is 44.8 Å². The Bertz CT molecular complexity index is 656. The molecular weight excluding hydrogens is 487 g/mol. The number of hydrogen-bond acceptors (Lipinski definition) is 3. The molecule has 0 spiro atoms. The van der Waals surface area contributed by atoms with Crippen LogP contribution in [-0.4, -0.2) is 38.1 Å². The summed E-state index contributed by atoms with van der Waals surface area (Å²) in [5.41, 5.74) is 10.6. The number of rotatable bonds is 8. The van der Waals surface area contributed by atoms with E-state index in [9.17, 15) is 0 Å². The second kappa shape index (κ2) is 14.3. The summed E-state index contributed by atoms with van der Waals surface area (Å²) >= 11 is 0. The van der Waals surface area contributed by atoms with E-state index in [-0.39, 0.29) is 44.9 Å². The van der Waals surface area contributed by atoms with Crippen LogP contribution in [-0.2, 0) is 20.1 Å². The first-order valence-electron chi connectivity index (χ1n) is 9.60. The van der Waals surface area contributed by atoms with Gasteiger partial charge in [-0.2, -0.15) is 0 Å². The molecule has 6 heteroatoms. The third-order valence-corrected chi connectivity index (χ3v) is 4.94. The maximum Gasteiger partial charge on any atom is 2.00 e. The average Bonchev–Trinajstić information content (AvgIpc) is 2.52. The van der Waals surface area contributed by atoms with Crippen molar-refractivity contribution in [2.75, 3.05) is 43.9 Å². The van der Waals surface area contributed by atoms with E-state index in [0.717, 1.165) is 26.2 Å². The van der Waals surface area contributed by atoms with Crippen molar-refractivity contribution in [3.05, 3.63) is 57.6 Å². The van der Waals surface area contributed by atoms with Gasteiger partial charge in [0.05, 0.1) is 0 Å². The zero-order valence-corrected chi connectivity index (χ0v) is 22.1. The van der Waals surface area contributed by atoms with E-state index >= 15 is 0 Å². The number of likely N-dealkylation sites (N-methyl/N-ethyl adjacent to an activating group) is 1. The summed E-state index contributed by atoms with van der Waals surface area (Å²) in [5, 5.41) is 7.22. The Morgan fingerprint density at radius 1 is 0.621 bits per heavy atom. The minimum absolute atomic E-state index is 0. The van der Waals surface area contributed by atoms with Gasteiger partial charge in [0.1, 0.15) is 0 Å². The summed E-state index contributed by atoms with van der Waals surface area (Å²) in [6.45, 7) is 17.0. The fraction of sp³-hybridized carbons (Fsp3) is 0.478. The van der Waals surface area contributed by atoms with Crippen LogP contribution < -0.4 is 35.4 Å². The predicted molar refractivity (Wildman–Crippen MR) is 116 cm³/mol. The van der Waals surface area contributed by atoms with Crippen molar-refractivity contribution in [1.82, 2.24) is 4.90 Å². The van der Waals surface area contributed by atoms with Crippen LogP contribution in [0, 0.1) is 41.5 Å². The van der Waals surface area contributed by atoms with Crippen LogP contribution >= 0.6 is 0 Å². The van der Waals surface area contributed by atoms with Gasteiger partial charge in [0.15, 0.2) is 0 Å². The van der Waals surface area contributed by atoms with Crippen LogP contribution in [0.15, 0.2) is 24.3 Å². The fourth-order valence-electron chi connectivity index (χ4n) is 3.77. The van der Waals surface area contributed by atoms with Crippen molar-refractivity contribution in [2.24, 2.45) is 0 Å². The van der Waals surface area contributed by atoms with Gasteiger partial charge in [0.2, 0.25) is 0 Å². The number of nitrogens with zero attached hydrogens (tertiary/aromatic N) is 1. The number of aryl methyl sites for hydroxylation is 6. The summed E-state index contributed by atoms with van der Waals surface area (Å²) in [6, 6.07) is 8.98. The minimum atomic E-state index is 0. The Labute approximate surface area is 203 Å². The fourth-order valence-corrected chi connectivity index (χ4v) is 3.77. The molecule has 2 N–H and O–H groups in total. The van der Waals surface area contributed by atoms with Crippen molar-refractivity contribution in [1.29, 1.82) is 0 Å². The molecule has 0 aliphatic rings. The summed E-state index contributed by atoms with van der Waals surface area (Å²) < 4.78 is 0. The summed E-state index contributed by atoms with van der Waals surface area (Å²) in [7, 11) is 2.19. The third-order valence-electron chi connectivity index (χ3n) is 4.94. The standard InChI is InChI=1S/C23H35N3.2ClH.Tc/c1-16-12-18(3)22(19(4)13-16)24-8-10-26(7)11-9-25-23-20(5)14-17(2)15-21(23)6;;;/h12-15,24-25H,8-11H2,1-7H3;2*1H;/q;;;+2/p-2. The van der Waals surface area contributed by atoms with Gasteiger partial charge < -0.3 is 40.3 Å². The molecule has 3 nitrogen and oxygen atoms in total. The number of nitrogens with one attached hydrogen (secondary N) is 2. The average molecular weight is 522 g/mol. The molecular formula is C23H35Cl2N3Tc. The maximum atomic E-state index is 3.61. The van der Waals surface area contributed by atoms with Crippen molar-refractivity contribution in [3.8, 4) is 0 Å². The van der Waals surface area contributed by atoms with Crippen molar-refractivity contribution in [3.63, 3.8) is 0 Å². The van der Waals surface area contributed by atoms with Crippen LogP contribution in [0.2, 0.25) is 0 Å². The van der Waals surface area contributed by atoms with Crippen LogP contribution in [0.5, 0.6) is 0 Å². The minimum Gasteiger partial charge on any atom is -1.00 e. The van der Waals surface area contributed by atoms with E-state index in [1.54, 1.807) is 0 Å². The zero-order chi connectivity index (χ0) is 19.3. The molecule has 1 radical (unpaired) electrons. The van der Waals surface area contributed by atoms with E-state index in [2.05, 4.69) is 88.4 Å². The summed E-state index contributed by atoms with van der Waals surface area (Å²) in [4.78, 5) is 2.37. The van der Waals surface area contributed by atoms with E-state index in [1.807, 2.05) is 0 Å². The van der Waals surface area contributed by atoms with Gasteiger partial charge in [0, 0.05) is 37.6 Å². The Balaban J connectivity index is 0. The first-order valence-corrected chi connectivity index (χ1v) is 9.60. The molecule has 0 aliphatic heterocycles. The topological polar surface area (TPSA) is 27.3 Å². The molecule has 2 aromatic carbocycles. The Hall–Kier alpha value is -0.771. The van der Waals surface area contributed by atoms with Crippen LogP contribution in [0.1, 0.15) is 33.4 Å². The van der Waals surface area contributed by atoms with Gasteiger partial charge in [-0.1, -0.05) is 35.4 Å². The molecule has 0 aromatic heterocycles. The molecule has 0 saturated heterocycles. The van der Waals surface area contributed by atoms with Gasteiger partial charge in [-0.05, 0) is 70.8 Å². The number of hydrogen-bond donors (Lipinski definition) is 2. The Kier molecular flexibility index (Phi) is 15.0. The molecule has 0 bridgehead atoms. The Morgan fingerprint density at radius 3 is 1.17 bits per heavy atom. The zero-order valence-electron chi connectivity index (χ0n) is 18.7. The predicted octanol–water partition coefficient (Wildman–Crippen LogP) is -1.00. The molecule has 0 aliphatic carbocycles. The summed E-state index contributed by atoms with van der Waals surface area (Å²) in [5.74, 6) is 0. The summed E-state index contributed by atoms with van der Waals surface area (Å²) in [6.07, 6.45) is 0. The molecule has 0 unspecified atom stereocenters. The first kappa shape index (κ1) is 30.4. The van der Waals surface area contributed by atoms with Gasteiger partial charge in [-0.3, -0.25) is 0 Å². The molecule has 2 aromatic rings. The molecule has 0 heterocycles. The van der Waals surface area contributed by atoms with Crippen molar-refractivity contribution < 1.29 is 44.9 Å². The van der Waals surface area contributed by atoms with Crippen molar-refractivity contribution in [2.45, 2.75) is 41.5 Å². The monoisotopic (exact) mass is 520 g/mol. The third kappa shape index (κ3) is 9.27. The van der Waals surface area contributed by atoms with Crippen molar-refractivity contribution >= 4 is 11.4 Å². The van der Waals surface area contributed by atoms with E-state index in [0.29, 0.717) is 0 Å². The van der Waals surface area contributed by atoms with Crippen LogP contribution in [0.25, 0.3) is 0 Å². The number of halogens is 2. The normalized spacial score (nSPS) is 9.93. The number of benzene rings is 2. The molecule has 163 valence electrons. The SMILES string of the molecule is Cc1cc(C)c(NCCN(C)CCNc2c(C)cc(C)cc2C)c(C)c1.[Cl-].[Cl-].[Tc+2]. The smallest absolute Gasteiger partial charge is 1.00 e. The molecule has 29 heavy (non-hydrogen) atoms. The molecule has 0 atom stereocenters. The van der Waals surface area contributed by atoms with Gasteiger partial charge in [0.25, 0.3) is 0 Å².